The van der Waals surface area contributed by atoms with E-state index < -0.39 is 21.8 Å². The second-order valence-electron chi connectivity index (χ2n) is 8.82. The highest BCUT2D eigenvalue weighted by molar-refractivity contribution is 7.89. The van der Waals surface area contributed by atoms with Gasteiger partial charge in [-0.1, -0.05) is 72.3 Å². The molecule has 0 radical (unpaired) electrons. The van der Waals surface area contributed by atoms with Crippen LogP contribution in [-0.4, -0.2) is 30.8 Å². The third-order valence-electron chi connectivity index (χ3n) is 5.88. The zero-order valence-corrected chi connectivity index (χ0v) is 23.1. The molecule has 206 valence electrons. The molecule has 11 heteroatoms. The summed E-state index contributed by atoms with van der Waals surface area (Å²) in [7, 11) is -3.86. The van der Waals surface area contributed by atoms with Crippen LogP contribution in [0.15, 0.2) is 111 Å². The van der Waals surface area contributed by atoms with Gasteiger partial charge in [0.2, 0.25) is 10.0 Å². The maximum Gasteiger partial charge on any atom is 0.329 e. The van der Waals surface area contributed by atoms with E-state index in [1.54, 1.807) is 61.5 Å². The van der Waals surface area contributed by atoms with Crippen LogP contribution >= 0.6 is 11.6 Å². The molecule has 0 bridgehead atoms. The maximum absolute atomic E-state index is 13.4. The summed E-state index contributed by atoms with van der Waals surface area (Å²) in [5.74, 6) is -1.15. The van der Waals surface area contributed by atoms with Crippen molar-refractivity contribution in [3.63, 3.8) is 0 Å². The molecule has 2 amide bonds. The van der Waals surface area contributed by atoms with Crippen molar-refractivity contribution in [2.75, 3.05) is 0 Å². The monoisotopic (exact) mass is 578 g/mol. The highest BCUT2D eigenvalue weighted by Crippen LogP contribution is 2.22. The number of sulfonamides is 1. The largest absolute Gasteiger partial charge is 0.459 e. The van der Waals surface area contributed by atoms with Gasteiger partial charge in [0.15, 0.2) is 0 Å². The fourth-order valence-electron chi connectivity index (χ4n) is 3.78. The van der Waals surface area contributed by atoms with Crippen molar-refractivity contribution >= 4 is 39.7 Å². The lowest BCUT2D eigenvalue weighted by Crippen LogP contribution is -2.39. The van der Waals surface area contributed by atoms with E-state index in [-0.39, 0.29) is 29.8 Å². The Labute approximate surface area is 237 Å². The van der Waals surface area contributed by atoms with E-state index in [1.807, 2.05) is 30.3 Å². The van der Waals surface area contributed by atoms with Crippen LogP contribution in [0.25, 0.3) is 0 Å². The Morgan fingerprint density at radius 3 is 2.23 bits per heavy atom. The molecule has 3 aromatic carbocycles. The first-order chi connectivity index (χ1) is 19.2. The van der Waals surface area contributed by atoms with Gasteiger partial charge in [0.25, 0.3) is 0 Å². The number of amides is 2. The summed E-state index contributed by atoms with van der Waals surface area (Å²) in [5, 5.41) is 6.93. The minimum absolute atomic E-state index is 0.0557. The minimum atomic E-state index is -3.86. The van der Waals surface area contributed by atoms with Crippen LogP contribution < -0.4 is 10.7 Å². The average molecular weight is 579 g/mol. The predicted octanol–water partition coefficient (Wildman–Crippen LogP) is 4.65. The normalized spacial score (nSPS) is 12.4. The number of halogens is 1. The number of hydrogen-bond acceptors (Lipinski definition) is 6. The first-order valence-corrected chi connectivity index (χ1v) is 14.1. The number of nitrogens with one attached hydrogen (secondary N) is 2. The molecule has 0 spiro atoms. The van der Waals surface area contributed by atoms with Crippen LogP contribution in [0.2, 0.25) is 5.02 Å². The fourth-order valence-corrected chi connectivity index (χ4v) is 5.32. The Morgan fingerprint density at radius 1 is 0.900 bits per heavy atom. The number of carbonyl (C=O) groups excluding carboxylic acids is 2. The second kappa shape index (κ2) is 13.2. The molecular formula is C29H27ClN4O5S. The number of carbonyl (C=O) groups is 2. The van der Waals surface area contributed by atoms with Gasteiger partial charge < -0.3 is 9.73 Å². The Balaban J connectivity index is 1.41. The summed E-state index contributed by atoms with van der Waals surface area (Å²) >= 11 is 5.98. The van der Waals surface area contributed by atoms with Gasteiger partial charge in [-0.05, 0) is 54.4 Å². The molecular weight excluding hydrogens is 552 g/mol. The Bertz CT molecular complexity index is 1570. The molecule has 0 aliphatic carbocycles. The molecule has 0 saturated heterocycles. The van der Waals surface area contributed by atoms with Crippen molar-refractivity contribution in [2.45, 2.75) is 31.0 Å². The van der Waals surface area contributed by atoms with E-state index in [2.05, 4.69) is 15.8 Å². The summed E-state index contributed by atoms with van der Waals surface area (Å²) in [6, 6.07) is 27.1. The second-order valence-corrected chi connectivity index (χ2v) is 11.2. The number of hydrazone groups is 1. The highest BCUT2D eigenvalue weighted by Gasteiger charge is 2.26. The van der Waals surface area contributed by atoms with E-state index >= 15 is 0 Å². The van der Waals surface area contributed by atoms with E-state index in [9.17, 15) is 18.0 Å². The molecule has 1 atom stereocenters. The lowest BCUT2D eigenvalue weighted by Gasteiger charge is -2.21. The van der Waals surface area contributed by atoms with Crippen LogP contribution in [0, 0.1) is 0 Å². The van der Waals surface area contributed by atoms with E-state index in [4.69, 9.17) is 16.0 Å². The molecule has 0 fully saturated rings. The van der Waals surface area contributed by atoms with Crippen molar-refractivity contribution < 1.29 is 22.4 Å². The summed E-state index contributed by atoms with van der Waals surface area (Å²) < 4.78 is 33.9. The summed E-state index contributed by atoms with van der Waals surface area (Å²) in [6.07, 6.45) is 1.23. The lowest BCUT2D eigenvalue weighted by atomic mass is 10.1. The Morgan fingerprint density at radius 2 is 1.55 bits per heavy atom. The molecule has 0 aliphatic rings. The number of furan rings is 1. The zero-order valence-electron chi connectivity index (χ0n) is 21.5. The molecule has 0 saturated carbocycles. The van der Waals surface area contributed by atoms with Gasteiger partial charge in [-0.15, -0.1) is 0 Å². The smallest absolute Gasteiger partial charge is 0.329 e. The van der Waals surface area contributed by atoms with Gasteiger partial charge in [-0.2, -0.15) is 9.41 Å². The molecule has 40 heavy (non-hydrogen) atoms. The average Bonchev–Trinajstić information content (AvgIpc) is 3.41. The molecule has 1 aromatic heterocycles. The molecule has 4 rings (SSSR count). The molecule has 0 aliphatic heterocycles. The third-order valence-corrected chi connectivity index (χ3v) is 7.94. The lowest BCUT2D eigenvalue weighted by molar-refractivity contribution is -0.139. The first kappa shape index (κ1) is 28.8. The number of hydrogen-bond donors (Lipinski definition) is 2. The Kier molecular flexibility index (Phi) is 9.49. The standard InChI is InChI=1S/C29H27ClN4O5S/c1-21(23-8-4-2-5-9-23)32-28(35)29(36)33-31-18-25-16-17-26(39-25)20-34(19-22-12-14-24(30)15-13-22)40(37,38)27-10-6-3-7-11-27/h2-18,21H,19-20H2,1H3,(H,32,35)(H,33,36)/b31-18+/t21-/m1/s1. The predicted molar refractivity (Wildman–Crippen MR) is 152 cm³/mol. The summed E-state index contributed by atoms with van der Waals surface area (Å²) in [4.78, 5) is 24.5. The molecule has 1 heterocycles. The Hall–Kier alpha value is -4.25. The number of rotatable bonds is 10. The quantitative estimate of drug-likeness (QED) is 0.161. The first-order valence-electron chi connectivity index (χ1n) is 12.3. The van der Waals surface area contributed by atoms with Crippen molar-refractivity contribution in [1.29, 1.82) is 0 Å². The van der Waals surface area contributed by atoms with E-state index in [0.29, 0.717) is 10.8 Å². The molecule has 4 aromatic rings. The van der Waals surface area contributed by atoms with Gasteiger partial charge >= 0.3 is 11.8 Å². The van der Waals surface area contributed by atoms with E-state index in [1.165, 1.54) is 22.7 Å². The number of nitrogens with zero attached hydrogens (tertiary/aromatic N) is 2. The van der Waals surface area contributed by atoms with E-state index in [0.717, 1.165) is 11.1 Å². The zero-order chi connectivity index (χ0) is 28.5. The SMILES string of the molecule is C[C@@H](NC(=O)C(=O)N/N=C/c1ccc(CN(Cc2ccc(Cl)cc2)S(=O)(=O)c2ccccc2)o1)c1ccccc1. The van der Waals surface area contributed by atoms with Crippen LogP contribution in [0.1, 0.15) is 35.6 Å². The fraction of sp³-hybridized carbons (Fsp3) is 0.138. The summed E-state index contributed by atoms with van der Waals surface area (Å²) in [5.41, 5.74) is 3.77. The molecule has 2 N–H and O–H groups in total. The van der Waals surface area contributed by atoms with Crippen LogP contribution in [-0.2, 0) is 32.7 Å². The van der Waals surface area contributed by atoms with Crippen molar-refractivity contribution in [3.8, 4) is 0 Å². The highest BCUT2D eigenvalue weighted by atomic mass is 35.5. The van der Waals surface area contributed by atoms with Gasteiger partial charge in [0, 0.05) is 11.6 Å². The van der Waals surface area contributed by atoms with Gasteiger partial charge in [-0.3, -0.25) is 9.59 Å². The van der Waals surface area contributed by atoms with Crippen LogP contribution in [0.5, 0.6) is 0 Å². The van der Waals surface area contributed by atoms with Crippen LogP contribution in [0.4, 0.5) is 0 Å². The molecule has 0 unspecified atom stereocenters. The summed E-state index contributed by atoms with van der Waals surface area (Å²) in [6.45, 7) is 1.80. The van der Waals surface area contributed by atoms with Gasteiger partial charge in [-0.25, -0.2) is 13.8 Å². The molecule has 9 nitrogen and oxygen atoms in total. The van der Waals surface area contributed by atoms with Crippen molar-refractivity contribution in [3.05, 3.63) is 125 Å². The van der Waals surface area contributed by atoms with Crippen molar-refractivity contribution in [1.82, 2.24) is 15.0 Å². The van der Waals surface area contributed by atoms with Crippen molar-refractivity contribution in [2.24, 2.45) is 5.10 Å². The van der Waals surface area contributed by atoms with Gasteiger partial charge in [0.05, 0.1) is 23.7 Å². The number of benzene rings is 3. The topological polar surface area (TPSA) is 121 Å². The third kappa shape index (κ3) is 7.66. The van der Waals surface area contributed by atoms with Crippen LogP contribution in [0.3, 0.4) is 0 Å². The minimum Gasteiger partial charge on any atom is -0.459 e. The van der Waals surface area contributed by atoms with Gasteiger partial charge in [0.1, 0.15) is 11.5 Å². The maximum atomic E-state index is 13.4.